The van der Waals surface area contributed by atoms with Gasteiger partial charge in [0.05, 0.1) is 16.4 Å². The maximum Gasteiger partial charge on any atom is 0.393 e. The predicted octanol–water partition coefficient (Wildman–Crippen LogP) is 2.82. The second-order valence-corrected chi connectivity index (χ2v) is 7.16. The highest BCUT2D eigenvalue weighted by Gasteiger charge is 2.48. The van der Waals surface area contributed by atoms with Gasteiger partial charge >= 0.3 is 6.18 Å². The molecule has 3 amide bonds. The number of carbonyl (C=O) groups excluding carboxylic acids is 3. The summed E-state index contributed by atoms with van der Waals surface area (Å²) in [4.78, 5) is 48.7. The van der Waals surface area contributed by atoms with Gasteiger partial charge in [0, 0.05) is 12.1 Å². The summed E-state index contributed by atoms with van der Waals surface area (Å²) >= 11 is 0. The number of imide groups is 1. The molecule has 3 unspecified atom stereocenters. The van der Waals surface area contributed by atoms with E-state index in [0.717, 1.165) is 6.07 Å². The van der Waals surface area contributed by atoms with Crippen molar-refractivity contribution < 1.29 is 32.5 Å². The smallest absolute Gasteiger partial charge is 0.351 e. The first-order chi connectivity index (χ1) is 13.5. The van der Waals surface area contributed by atoms with E-state index in [-0.39, 0.29) is 18.4 Å². The zero-order valence-electron chi connectivity index (χ0n) is 15.4. The van der Waals surface area contributed by atoms with Crippen LogP contribution in [0.4, 0.5) is 18.9 Å². The maximum absolute atomic E-state index is 13.2. The fourth-order valence-electron chi connectivity index (χ4n) is 3.91. The first-order valence-corrected chi connectivity index (χ1v) is 9.06. The van der Waals surface area contributed by atoms with Gasteiger partial charge in [0.2, 0.25) is 5.91 Å². The number of halogens is 3. The highest BCUT2D eigenvalue weighted by atomic mass is 19.4. The Morgan fingerprint density at radius 3 is 2.52 bits per heavy atom. The summed E-state index contributed by atoms with van der Waals surface area (Å²) in [5.74, 6) is -4.53. The molecule has 1 saturated carbocycles. The zero-order chi connectivity index (χ0) is 21.5. The number of alkyl halides is 3. The number of hydrogen-bond acceptors (Lipinski definition) is 5. The van der Waals surface area contributed by atoms with Crippen molar-refractivity contribution in [2.75, 3.05) is 0 Å². The van der Waals surface area contributed by atoms with Crippen molar-refractivity contribution in [3.05, 3.63) is 39.4 Å². The molecule has 1 aliphatic carbocycles. The standard InChI is InChI=1S/C18H18F3N3O5/c1-9(15(25)22-12-7-3-2-6-11(12)18(19,20)21)23-16(26)10-5-4-8-13(24(28)29)14(10)17(23)27/h4-5,8-9,11-12H,2-3,6-7H2,1H3,(H,22,25). The van der Waals surface area contributed by atoms with E-state index in [1.165, 1.54) is 19.1 Å². The molecule has 1 aromatic carbocycles. The first-order valence-electron chi connectivity index (χ1n) is 9.06. The largest absolute Gasteiger partial charge is 0.393 e. The van der Waals surface area contributed by atoms with Gasteiger partial charge in [0.25, 0.3) is 17.5 Å². The van der Waals surface area contributed by atoms with Crippen molar-refractivity contribution in [1.29, 1.82) is 0 Å². The topological polar surface area (TPSA) is 110 Å². The number of hydrogen-bond donors (Lipinski definition) is 1. The summed E-state index contributed by atoms with van der Waals surface area (Å²) < 4.78 is 39.7. The molecule has 3 atom stereocenters. The van der Waals surface area contributed by atoms with E-state index in [1.54, 1.807) is 0 Å². The van der Waals surface area contributed by atoms with E-state index < -0.39 is 58.1 Å². The lowest BCUT2D eigenvalue weighted by Crippen LogP contribution is -2.54. The van der Waals surface area contributed by atoms with Gasteiger partial charge in [0.15, 0.2) is 0 Å². The molecule has 8 nitrogen and oxygen atoms in total. The second-order valence-electron chi connectivity index (χ2n) is 7.16. The Balaban J connectivity index is 1.81. The Kier molecular flexibility index (Phi) is 5.33. The third-order valence-electron chi connectivity index (χ3n) is 5.40. The third kappa shape index (κ3) is 3.68. The number of nitrogens with one attached hydrogen (secondary N) is 1. The van der Waals surface area contributed by atoms with Crippen molar-refractivity contribution in [2.24, 2.45) is 5.92 Å². The fourth-order valence-corrected chi connectivity index (χ4v) is 3.91. The van der Waals surface area contributed by atoms with Crippen LogP contribution in [0.1, 0.15) is 53.3 Å². The Labute approximate surface area is 163 Å². The molecule has 1 aliphatic heterocycles. The van der Waals surface area contributed by atoms with Crippen molar-refractivity contribution in [2.45, 2.75) is 50.9 Å². The second kappa shape index (κ2) is 7.45. The number of nitro groups is 1. The van der Waals surface area contributed by atoms with Crippen LogP contribution in [0.3, 0.4) is 0 Å². The normalized spacial score (nSPS) is 23.0. The van der Waals surface area contributed by atoms with Crippen LogP contribution in [0.25, 0.3) is 0 Å². The molecular formula is C18H18F3N3O5. The van der Waals surface area contributed by atoms with Crippen LogP contribution in [0.15, 0.2) is 18.2 Å². The Bertz CT molecular complexity index is 886. The molecule has 0 saturated heterocycles. The predicted molar refractivity (Wildman–Crippen MR) is 93.0 cm³/mol. The van der Waals surface area contributed by atoms with Gasteiger partial charge in [-0.25, -0.2) is 0 Å². The van der Waals surface area contributed by atoms with Gasteiger partial charge in [-0.15, -0.1) is 0 Å². The number of nitro benzene ring substituents is 1. The molecule has 0 spiro atoms. The van der Waals surface area contributed by atoms with Crippen molar-refractivity contribution in [3.8, 4) is 0 Å². The van der Waals surface area contributed by atoms with E-state index in [2.05, 4.69) is 5.32 Å². The lowest BCUT2D eigenvalue weighted by atomic mass is 9.84. The lowest BCUT2D eigenvalue weighted by molar-refractivity contribution is -0.385. The van der Waals surface area contributed by atoms with Crippen molar-refractivity contribution >= 4 is 23.4 Å². The summed E-state index contributed by atoms with van der Waals surface area (Å²) in [6.45, 7) is 1.20. The van der Waals surface area contributed by atoms with Gasteiger partial charge in [-0.1, -0.05) is 18.9 Å². The average molecular weight is 413 g/mol. The fraction of sp³-hybridized carbons (Fsp3) is 0.500. The highest BCUT2D eigenvalue weighted by Crippen LogP contribution is 2.38. The van der Waals surface area contributed by atoms with Crippen LogP contribution in [-0.4, -0.2) is 45.8 Å². The van der Waals surface area contributed by atoms with E-state index in [1.807, 2.05) is 0 Å². The van der Waals surface area contributed by atoms with Crippen LogP contribution in [0.2, 0.25) is 0 Å². The van der Waals surface area contributed by atoms with Gasteiger partial charge < -0.3 is 5.32 Å². The molecular weight excluding hydrogens is 395 g/mol. The molecule has 0 radical (unpaired) electrons. The molecule has 1 N–H and O–H groups in total. The number of nitrogens with zero attached hydrogens (tertiary/aromatic N) is 2. The van der Waals surface area contributed by atoms with Crippen LogP contribution < -0.4 is 5.32 Å². The number of rotatable bonds is 4. The molecule has 156 valence electrons. The van der Waals surface area contributed by atoms with Crippen LogP contribution in [0.5, 0.6) is 0 Å². The Hall–Kier alpha value is -2.98. The van der Waals surface area contributed by atoms with Gasteiger partial charge in [-0.2, -0.15) is 13.2 Å². The first kappa shape index (κ1) is 20.7. The minimum Gasteiger partial charge on any atom is -0.351 e. The van der Waals surface area contributed by atoms with Crippen LogP contribution >= 0.6 is 0 Å². The molecule has 0 bridgehead atoms. The number of amides is 3. The Morgan fingerprint density at radius 2 is 1.90 bits per heavy atom. The van der Waals surface area contributed by atoms with E-state index in [0.29, 0.717) is 17.7 Å². The van der Waals surface area contributed by atoms with Crippen LogP contribution in [-0.2, 0) is 4.79 Å². The molecule has 2 aliphatic rings. The number of benzene rings is 1. The molecule has 29 heavy (non-hydrogen) atoms. The van der Waals surface area contributed by atoms with E-state index in [4.69, 9.17) is 0 Å². The van der Waals surface area contributed by atoms with E-state index >= 15 is 0 Å². The third-order valence-corrected chi connectivity index (χ3v) is 5.40. The summed E-state index contributed by atoms with van der Waals surface area (Å²) in [7, 11) is 0. The lowest BCUT2D eigenvalue weighted by Gasteiger charge is -2.34. The highest BCUT2D eigenvalue weighted by molar-refractivity contribution is 6.24. The van der Waals surface area contributed by atoms with Crippen molar-refractivity contribution in [3.63, 3.8) is 0 Å². The Morgan fingerprint density at radius 1 is 1.24 bits per heavy atom. The average Bonchev–Trinajstić information content (AvgIpc) is 2.91. The SMILES string of the molecule is CC(C(=O)NC1CCCCC1C(F)(F)F)N1C(=O)c2cccc([N+](=O)[O-])c2C1=O. The monoisotopic (exact) mass is 413 g/mol. The van der Waals surface area contributed by atoms with Crippen molar-refractivity contribution in [1.82, 2.24) is 10.2 Å². The number of carbonyl (C=O) groups is 3. The molecule has 1 fully saturated rings. The summed E-state index contributed by atoms with van der Waals surface area (Å²) in [6.07, 6.45) is -3.53. The molecule has 1 aromatic rings. The molecule has 3 rings (SSSR count). The van der Waals surface area contributed by atoms with Crippen LogP contribution in [0, 0.1) is 16.0 Å². The zero-order valence-corrected chi connectivity index (χ0v) is 15.4. The number of fused-ring (bicyclic) bond motifs is 1. The maximum atomic E-state index is 13.2. The van der Waals surface area contributed by atoms with Gasteiger partial charge in [0.1, 0.15) is 11.6 Å². The van der Waals surface area contributed by atoms with Gasteiger partial charge in [-0.05, 0) is 25.8 Å². The van der Waals surface area contributed by atoms with E-state index in [9.17, 15) is 37.7 Å². The molecule has 1 heterocycles. The molecule has 11 heteroatoms. The minimum absolute atomic E-state index is 0.109. The minimum atomic E-state index is -4.47. The summed E-state index contributed by atoms with van der Waals surface area (Å²) in [5.41, 5.74) is -1.21. The quantitative estimate of drug-likeness (QED) is 0.464. The summed E-state index contributed by atoms with van der Waals surface area (Å²) in [6, 6.07) is 0.968. The molecule has 0 aromatic heterocycles. The van der Waals surface area contributed by atoms with Gasteiger partial charge in [-0.3, -0.25) is 29.4 Å². The summed E-state index contributed by atoms with van der Waals surface area (Å²) in [5, 5.41) is 13.5.